The first-order chi connectivity index (χ1) is 7.92. The third-order valence-electron chi connectivity index (χ3n) is 3.75. The Labute approximate surface area is 105 Å². The Bertz CT molecular complexity index is 343. The van der Waals surface area contributed by atoms with Crippen LogP contribution in [0.5, 0.6) is 0 Å². The lowest BCUT2D eigenvalue weighted by Gasteiger charge is -2.36. The maximum absolute atomic E-state index is 5.96. The second-order valence-corrected chi connectivity index (χ2v) is 5.18. The molecule has 0 amide bonds. The van der Waals surface area contributed by atoms with Gasteiger partial charge in [0.15, 0.2) is 0 Å². The average molecular weight is 235 g/mol. The maximum atomic E-state index is 5.96. The van der Waals surface area contributed by atoms with Crippen molar-refractivity contribution in [2.45, 2.75) is 52.1 Å². The number of nitrogens with two attached hydrogens (primary N) is 1. The van der Waals surface area contributed by atoms with Crippen LogP contribution in [-0.2, 0) is 0 Å². The summed E-state index contributed by atoms with van der Waals surface area (Å²) in [6.07, 6.45) is 3.94. The quantitative estimate of drug-likeness (QED) is 0.852. The molecule has 1 atom stereocenters. The summed E-state index contributed by atoms with van der Waals surface area (Å²) in [5.41, 5.74) is 8.22. The van der Waals surface area contributed by atoms with Gasteiger partial charge in [-0.25, -0.2) is 0 Å². The van der Waals surface area contributed by atoms with Crippen molar-refractivity contribution in [3.63, 3.8) is 0 Å². The van der Waals surface area contributed by atoms with Gasteiger partial charge in [0.05, 0.1) is 17.6 Å². The van der Waals surface area contributed by atoms with Gasteiger partial charge >= 0.3 is 0 Å². The fourth-order valence-electron chi connectivity index (χ4n) is 1.61. The second kappa shape index (κ2) is 5.50. The van der Waals surface area contributed by atoms with Crippen LogP contribution in [0.25, 0.3) is 0 Å². The zero-order chi connectivity index (χ0) is 13.1. The first kappa shape index (κ1) is 14.0. The number of anilines is 1. The van der Waals surface area contributed by atoms with Crippen molar-refractivity contribution in [1.82, 2.24) is 4.98 Å². The number of hydrogen-bond acceptors (Lipinski definition) is 3. The van der Waals surface area contributed by atoms with Crippen molar-refractivity contribution in [3.05, 3.63) is 24.0 Å². The second-order valence-electron chi connectivity index (χ2n) is 5.18. The smallest absolute Gasteiger partial charge is 0.0572 e. The topological polar surface area (TPSA) is 42.1 Å². The molecule has 0 spiro atoms. The zero-order valence-electron chi connectivity index (χ0n) is 11.7. The van der Waals surface area contributed by atoms with Gasteiger partial charge in [0.2, 0.25) is 0 Å². The van der Waals surface area contributed by atoms with E-state index in [0.29, 0.717) is 0 Å². The Kier molecular flexibility index (Phi) is 4.52. The Hall–Kier alpha value is -1.09. The molecule has 0 aliphatic heterocycles. The van der Waals surface area contributed by atoms with E-state index >= 15 is 0 Å². The summed E-state index contributed by atoms with van der Waals surface area (Å²) in [5, 5.41) is 0. The SMILES string of the molecule is CCC(N)c1ccc(N(C)C(C)(C)CC)cn1. The largest absolute Gasteiger partial charge is 0.368 e. The van der Waals surface area contributed by atoms with E-state index in [9.17, 15) is 0 Å². The van der Waals surface area contributed by atoms with E-state index in [1.165, 1.54) is 0 Å². The third kappa shape index (κ3) is 3.19. The van der Waals surface area contributed by atoms with Gasteiger partial charge < -0.3 is 10.6 Å². The summed E-state index contributed by atoms with van der Waals surface area (Å²) in [6, 6.07) is 4.19. The van der Waals surface area contributed by atoms with Crippen molar-refractivity contribution < 1.29 is 0 Å². The van der Waals surface area contributed by atoms with E-state index in [2.05, 4.69) is 50.7 Å². The Morgan fingerprint density at radius 2 is 2.00 bits per heavy atom. The van der Waals surface area contributed by atoms with Gasteiger partial charge in [-0.1, -0.05) is 13.8 Å². The molecule has 17 heavy (non-hydrogen) atoms. The fourth-order valence-corrected chi connectivity index (χ4v) is 1.61. The molecule has 1 rings (SSSR count). The molecule has 0 saturated carbocycles. The normalized spacial score (nSPS) is 13.5. The van der Waals surface area contributed by atoms with Crippen LogP contribution < -0.4 is 10.6 Å². The van der Waals surface area contributed by atoms with Gasteiger partial charge in [-0.3, -0.25) is 4.98 Å². The van der Waals surface area contributed by atoms with Crippen molar-refractivity contribution in [2.75, 3.05) is 11.9 Å². The molecule has 1 aromatic rings. The van der Waals surface area contributed by atoms with Crippen molar-refractivity contribution in [1.29, 1.82) is 0 Å². The number of aromatic nitrogens is 1. The predicted molar refractivity (Wildman–Crippen MR) is 74.2 cm³/mol. The highest BCUT2D eigenvalue weighted by Crippen LogP contribution is 2.24. The lowest BCUT2D eigenvalue weighted by atomic mass is 9.99. The minimum atomic E-state index is 0.0496. The summed E-state index contributed by atoms with van der Waals surface area (Å²) in [5.74, 6) is 0. The van der Waals surface area contributed by atoms with Gasteiger partial charge in [0.25, 0.3) is 0 Å². The van der Waals surface area contributed by atoms with Crippen molar-refractivity contribution in [2.24, 2.45) is 5.73 Å². The number of pyridine rings is 1. The highest BCUT2D eigenvalue weighted by atomic mass is 15.2. The molecular weight excluding hydrogens is 210 g/mol. The first-order valence-corrected chi connectivity index (χ1v) is 6.37. The number of rotatable bonds is 5. The number of nitrogens with zero attached hydrogens (tertiary/aromatic N) is 2. The van der Waals surface area contributed by atoms with Crippen LogP contribution >= 0.6 is 0 Å². The van der Waals surface area contributed by atoms with Crippen LogP contribution in [0, 0.1) is 0 Å². The van der Waals surface area contributed by atoms with Gasteiger partial charge in [-0.05, 0) is 38.8 Å². The lowest BCUT2D eigenvalue weighted by Crippen LogP contribution is -2.40. The molecule has 3 heteroatoms. The Balaban J connectivity index is 2.88. The number of hydrogen-bond donors (Lipinski definition) is 1. The summed E-state index contributed by atoms with van der Waals surface area (Å²) in [7, 11) is 2.11. The Morgan fingerprint density at radius 1 is 1.35 bits per heavy atom. The highest BCUT2D eigenvalue weighted by molar-refractivity contribution is 5.46. The molecule has 2 N–H and O–H groups in total. The minimum absolute atomic E-state index is 0.0496. The molecule has 0 aromatic carbocycles. The molecule has 0 bridgehead atoms. The van der Waals surface area contributed by atoms with E-state index in [1.54, 1.807) is 0 Å². The van der Waals surface area contributed by atoms with Crippen LogP contribution in [0.2, 0.25) is 0 Å². The fraction of sp³-hybridized carbons (Fsp3) is 0.643. The van der Waals surface area contributed by atoms with Gasteiger partial charge in [-0.2, -0.15) is 0 Å². The monoisotopic (exact) mass is 235 g/mol. The van der Waals surface area contributed by atoms with Gasteiger partial charge in [0, 0.05) is 18.6 Å². The molecule has 0 aliphatic rings. The standard InChI is InChI=1S/C14H25N3/c1-6-12(15)13-9-8-11(10-16-13)17(5)14(3,4)7-2/h8-10,12H,6-7,15H2,1-5H3. The molecule has 1 heterocycles. The first-order valence-electron chi connectivity index (χ1n) is 6.37. The van der Waals surface area contributed by atoms with Gasteiger partial charge in [0.1, 0.15) is 0 Å². The predicted octanol–water partition coefficient (Wildman–Crippen LogP) is 3.12. The van der Waals surface area contributed by atoms with E-state index in [0.717, 1.165) is 24.2 Å². The molecule has 0 aliphatic carbocycles. The Morgan fingerprint density at radius 3 is 2.41 bits per heavy atom. The summed E-state index contributed by atoms with van der Waals surface area (Å²) in [6.45, 7) is 8.75. The summed E-state index contributed by atoms with van der Waals surface area (Å²) < 4.78 is 0. The van der Waals surface area contributed by atoms with Crippen molar-refractivity contribution >= 4 is 5.69 Å². The average Bonchev–Trinajstić information content (AvgIpc) is 2.37. The molecule has 0 radical (unpaired) electrons. The molecular formula is C14H25N3. The lowest BCUT2D eigenvalue weighted by molar-refractivity contribution is 0.470. The molecule has 0 fully saturated rings. The molecule has 3 nitrogen and oxygen atoms in total. The van der Waals surface area contributed by atoms with Gasteiger partial charge in [-0.15, -0.1) is 0 Å². The zero-order valence-corrected chi connectivity index (χ0v) is 11.7. The van der Waals surface area contributed by atoms with E-state index in [4.69, 9.17) is 5.73 Å². The minimum Gasteiger partial charge on any atom is -0.368 e. The van der Waals surface area contributed by atoms with E-state index in [-0.39, 0.29) is 11.6 Å². The third-order valence-corrected chi connectivity index (χ3v) is 3.75. The summed E-state index contributed by atoms with van der Waals surface area (Å²) >= 11 is 0. The molecule has 0 saturated heterocycles. The summed E-state index contributed by atoms with van der Waals surface area (Å²) in [4.78, 5) is 6.72. The van der Waals surface area contributed by atoms with Crippen LogP contribution in [0.15, 0.2) is 18.3 Å². The molecule has 1 aromatic heterocycles. The molecule has 96 valence electrons. The van der Waals surface area contributed by atoms with Crippen molar-refractivity contribution in [3.8, 4) is 0 Å². The highest BCUT2D eigenvalue weighted by Gasteiger charge is 2.21. The van der Waals surface area contributed by atoms with E-state index < -0.39 is 0 Å². The van der Waals surface area contributed by atoms with Crippen LogP contribution in [-0.4, -0.2) is 17.6 Å². The van der Waals surface area contributed by atoms with Crippen LogP contribution in [0.1, 0.15) is 52.3 Å². The van der Waals surface area contributed by atoms with Crippen LogP contribution in [0.4, 0.5) is 5.69 Å². The van der Waals surface area contributed by atoms with Crippen LogP contribution in [0.3, 0.4) is 0 Å². The maximum Gasteiger partial charge on any atom is 0.0572 e. The molecule has 1 unspecified atom stereocenters. The van der Waals surface area contributed by atoms with E-state index in [1.807, 2.05) is 12.3 Å².